The van der Waals surface area contributed by atoms with Crippen LogP contribution >= 0.6 is 0 Å². The lowest BCUT2D eigenvalue weighted by Crippen LogP contribution is -2.69. The van der Waals surface area contributed by atoms with E-state index in [0.717, 1.165) is 10.5 Å². The van der Waals surface area contributed by atoms with Gasteiger partial charge in [-0.1, -0.05) is 52.8 Å². The van der Waals surface area contributed by atoms with Crippen LogP contribution in [0.5, 0.6) is 0 Å². The third-order valence-electron chi connectivity index (χ3n) is 10.5. The Hall–Kier alpha value is -3.82. The fourth-order valence-corrected chi connectivity index (χ4v) is 6.41. The fourth-order valence-electron chi connectivity index (χ4n) is 5.46. The maximum absolute atomic E-state index is 14.6. The first-order valence-corrected chi connectivity index (χ1v) is 23.7. The van der Waals surface area contributed by atoms with E-state index in [1.54, 1.807) is 109 Å². The van der Waals surface area contributed by atoms with Gasteiger partial charge >= 0.3 is 23.9 Å². The first-order chi connectivity index (χ1) is 27.0. The molecule has 1 aliphatic heterocycles. The summed E-state index contributed by atoms with van der Waals surface area (Å²) in [6, 6.07) is 5.94. The minimum atomic E-state index is -2.18. The molecule has 0 radical (unpaired) electrons. The summed E-state index contributed by atoms with van der Waals surface area (Å²) in [5, 5.41) is 2.93. The van der Waals surface area contributed by atoms with Gasteiger partial charge in [-0.3, -0.25) is 28.8 Å². The highest BCUT2D eigenvalue weighted by atomic mass is 28.4. The number of para-hydroxylation sites is 1. The topological polar surface area (TPSA) is 173 Å². The minimum Gasteiger partial charge on any atom is -0.462 e. The van der Waals surface area contributed by atoms with Gasteiger partial charge in [-0.05, 0) is 119 Å². The zero-order valence-corrected chi connectivity index (χ0v) is 40.7. The highest BCUT2D eigenvalue weighted by Gasteiger charge is 2.57. The van der Waals surface area contributed by atoms with E-state index in [-0.39, 0.29) is 11.6 Å². The van der Waals surface area contributed by atoms with Crippen LogP contribution in [0, 0.1) is 27.6 Å². The van der Waals surface area contributed by atoms with Gasteiger partial charge in [-0.25, -0.2) is 0 Å². The lowest BCUT2D eigenvalue weighted by molar-refractivity contribution is -0.283. The number of carbonyl (C=O) groups is 6. The van der Waals surface area contributed by atoms with Gasteiger partial charge in [0.25, 0.3) is 0 Å². The molecule has 1 aliphatic rings. The third-order valence-corrected chi connectivity index (χ3v) is 15.0. The van der Waals surface area contributed by atoms with Crippen molar-refractivity contribution in [1.82, 2.24) is 4.90 Å². The Morgan fingerprint density at radius 1 is 0.717 bits per heavy atom. The summed E-state index contributed by atoms with van der Waals surface area (Å²) in [5.74, 6) is -4.01. The fraction of sp³-hybridized carbons (Fsp3) is 0.733. The zero-order valence-electron chi connectivity index (χ0n) is 39.7. The molecule has 14 nitrogen and oxygen atoms in total. The predicted molar refractivity (Wildman–Crippen MR) is 231 cm³/mol. The van der Waals surface area contributed by atoms with Crippen LogP contribution in [-0.2, 0) is 63.5 Å². The number of benzene rings is 1. The molecule has 1 N–H and O–H groups in total. The standard InChI is InChI=1S/C45H74N2O12Si/c1-27(2)31(35(49)46-29-23-21-20-22-28(29)24-55-60(18,19)45(15,16)17)47(26-48)36-34(59-40(53)44(12,13)14)33(58-39(52)43(9,10)11)32(57-38(51)42(6,7)8)30(56-36)25-54-37(50)41(3,4)5/h20-23,26-27,30-34,36H,24-25H2,1-19H3,(H,46,49)/t30-,31-,32+,33+,34-,36-/m1/s1. The lowest BCUT2D eigenvalue weighted by atomic mass is 9.91. The summed E-state index contributed by atoms with van der Waals surface area (Å²) >= 11 is 0. The molecule has 1 aromatic rings. The van der Waals surface area contributed by atoms with Gasteiger partial charge in [0.1, 0.15) is 18.8 Å². The van der Waals surface area contributed by atoms with Crippen molar-refractivity contribution in [3.05, 3.63) is 29.8 Å². The van der Waals surface area contributed by atoms with Crippen LogP contribution in [0.3, 0.4) is 0 Å². The monoisotopic (exact) mass is 863 g/mol. The molecule has 0 spiro atoms. The molecule has 340 valence electrons. The number of ether oxygens (including phenoxy) is 5. The molecule has 15 heteroatoms. The molecule has 0 aromatic heterocycles. The molecule has 1 fully saturated rings. The second-order valence-electron chi connectivity index (χ2n) is 21.7. The quantitative estimate of drug-likeness (QED) is 0.0833. The largest absolute Gasteiger partial charge is 0.462 e. The molecule has 0 unspecified atom stereocenters. The number of carbonyl (C=O) groups excluding carboxylic acids is 6. The highest BCUT2D eigenvalue weighted by Crippen LogP contribution is 2.39. The van der Waals surface area contributed by atoms with Crippen molar-refractivity contribution >= 4 is 50.2 Å². The van der Waals surface area contributed by atoms with Gasteiger partial charge in [0.05, 0.1) is 28.3 Å². The lowest BCUT2D eigenvalue weighted by Gasteiger charge is -2.49. The van der Waals surface area contributed by atoms with Crippen LogP contribution in [-0.4, -0.2) is 92.7 Å². The number of nitrogens with zero attached hydrogens (tertiary/aromatic N) is 1. The van der Waals surface area contributed by atoms with Gasteiger partial charge in [0, 0.05) is 5.69 Å². The average Bonchev–Trinajstić information content (AvgIpc) is 3.08. The Balaban J connectivity index is 2.87. The molecule has 1 aromatic carbocycles. The van der Waals surface area contributed by atoms with E-state index in [9.17, 15) is 28.8 Å². The summed E-state index contributed by atoms with van der Waals surface area (Å²) < 4.78 is 37.2. The van der Waals surface area contributed by atoms with Crippen molar-refractivity contribution in [2.24, 2.45) is 27.6 Å². The summed E-state index contributed by atoms with van der Waals surface area (Å²) in [6.45, 7) is 33.4. The van der Waals surface area contributed by atoms with Crippen LogP contribution in [0.25, 0.3) is 0 Å². The summed E-state index contributed by atoms with van der Waals surface area (Å²) in [4.78, 5) is 83.6. The average molecular weight is 863 g/mol. The zero-order chi connectivity index (χ0) is 46.6. The Kier molecular flexibility index (Phi) is 17.0. The van der Waals surface area contributed by atoms with Crippen LogP contribution < -0.4 is 5.32 Å². The van der Waals surface area contributed by atoms with Crippen molar-refractivity contribution in [2.75, 3.05) is 11.9 Å². The minimum absolute atomic E-state index is 0.0581. The highest BCUT2D eigenvalue weighted by molar-refractivity contribution is 6.74. The van der Waals surface area contributed by atoms with Crippen molar-refractivity contribution in [3.8, 4) is 0 Å². The Bertz CT molecular complexity index is 1690. The summed E-state index contributed by atoms with van der Waals surface area (Å²) in [6.07, 6.45) is -7.40. The number of esters is 4. The molecule has 1 saturated heterocycles. The van der Waals surface area contributed by atoms with Crippen molar-refractivity contribution in [1.29, 1.82) is 0 Å². The number of nitrogens with one attached hydrogen (secondary N) is 1. The van der Waals surface area contributed by atoms with Crippen molar-refractivity contribution < 1.29 is 56.9 Å². The van der Waals surface area contributed by atoms with Gasteiger partial charge in [0.15, 0.2) is 32.9 Å². The molecule has 60 heavy (non-hydrogen) atoms. The second-order valence-corrected chi connectivity index (χ2v) is 26.5. The normalized spacial score (nSPS) is 21.0. The van der Waals surface area contributed by atoms with E-state index in [0.29, 0.717) is 12.1 Å². The molecule has 0 aliphatic carbocycles. The van der Waals surface area contributed by atoms with E-state index in [1.807, 2.05) is 12.1 Å². The van der Waals surface area contributed by atoms with Crippen molar-refractivity contribution in [2.45, 2.75) is 179 Å². The Labute approximate surface area is 359 Å². The van der Waals surface area contributed by atoms with Gasteiger partial charge in [-0.15, -0.1) is 0 Å². The molecule has 0 saturated carbocycles. The maximum atomic E-state index is 14.6. The van der Waals surface area contributed by atoms with Crippen LogP contribution in [0.15, 0.2) is 24.3 Å². The van der Waals surface area contributed by atoms with Crippen LogP contribution in [0.4, 0.5) is 5.69 Å². The van der Waals surface area contributed by atoms with Crippen LogP contribution in [0.2, 0.25) is 18.1 Å². The number of hydrogen-bond donors (Lipinski definition) is 1. The second kappa shape index (κ2) is 19.5. The SMILES string of the molecule is CC(C)[C@H](C(=O)Nc1ccccc1CO[Si](C)(C)C(C)(C)C)N(C=O)[C@@H]1O[C@H](COC(=O)C(C)(C)C)[C@H](OC(=O)C(C)(C)C)[C@H](OC(=O)C(C)(C)C)[C@H]1OC(=O)C(C)(C)C. The van der Waals surface area contributed by atoms with E-state index in [4.69, 9.17) is 28.1 Å². The molecule has 2 amide bonds. The van der Waals surface area contributed by atoms with Gasteiger partial charge < -0.3 is 38.3 Å². The van der Waals surface area contributed by atoms with E-state index < -0.39 is 109 Å². The van der Waals surface area contributed by atoms with E-state index >= 15 is 0 Å². The number of amides is 2. The Morgan fingerprint density at radius 3 is 1.60 bits per heavy atom. The van der Waals surface area contributed by atoms with Crippen molar-refractivity contribution in [3.63, 3.8) is 0 Å². The van der Waals surface area contributed by atoms with Gasteiger partial charge in [0.2, 0.25) is 12.3 Å². The first kappa shape index (κ1) is 52.3. The molecule has 1 heterocycles. The number of anilines is 1. The third kappa shape index (κ3) is 13.8. The van der Waals surface area contributed by atoms with E-state index in [1.165, 1.54) is 0 Å². The predicted octanol–water partition coefficient (Wildman–Crippen LogP) is 7.82. The molecular formula is C45H74N2O12Si. The summed E-state index contributed by atoms with van der Waals surface area (Å²) in [5.41, 5.74) is -3.05. The number of rotatable bonds is 14. The van der Waals surface area contributed by atoms with Gasteiger partial charge in [-0.2, -0.15) is 0 Å². The number of hydrogen-bond acceptors (Lipinski definition) is 12. The molecule has 6 atom stereocenters. The Morgan fingerprint density at radius 2 is 1.17 bits per heavy atom. The maximum Gasteiger partial charge on any atom is 0.311 e. The molecular weight excluding hydrogens is 789 g/mol. The molecule has 2 rings (SSSR count). The summed E-state index contributed by atoms with van der Waals surface area (Å²) in [7, 11) is -2.18. The van der Waals surface area contributed by atoms with Crippen LogP contribution in [0.1, 0.15) is 123 Å². The molecule has 0 bridgehead atoms. The smallest absolute Gasteiger partial charge is 0.311 e. The first-order valence-electron chi connectivity index (χ1n) is 20.8. The van der Waals surface area contributed by atoms with E-state index in [2.05, 4.69) is 39.2 Å².